The van der Waals surface area contributed by atoms with Crippen molar-refractivity contribution in [2.45, 2.75) is 93.9 Å². The molecule has 70 heavy (non-hydrogen) atoms. The average Bonchev–Trinajstić information content (AvgIpc) is 4.11. The Balaban J connectivity index is 0.689. The van der Waals surface area contributed by atoms with Crippen LogP contribution in [0, 0.1) is 0 Å². The highest BCUT2D eigenvalue weighted by molar-refractivity contribution is 6.23. The van der Waals surface area contributed by atoms with E-state index >= 15 is 0 Å². The van der Waals surface area contributed by atoms with Gasteiger partial charge in [0.1, 0.15) is 30.8 Å². The molecule has 3 N–H and O–H groups in total. The highest BCUT2D eigenvalue weighted by Gasteiger charge is 2.51. The molecule has 8 aliphatic rings. The number of pyridine rings is 1. The van der Waals surface area contributed by atoms with Gasteiger partial charge >= 0.3 is 12.1 Å². The number of carbonyl (C=O) groups excluding carboxylic acids is 5. The summed E-state index contributed by atoms with van der Waals surface area (Å²) in [6.07, 6.45) is 7.71. The van der Waals surface area contributed by atoms with Gasteiger partial charge in [-0.15, -0.1) is 0 Å². The van der Waals surface area contributed by atoms with Crippen LogP contribution in [0.5, 0.6) is 11.8 Å². The van der Waals surface area contributed by atoms with Crippen LogP contribution in [0.2, 0.25) is 0 Å². The summed E-state index contributed by atoms with van der Waals surface area (Å²) in [5.41, 5.74) is 5.69. The lowest BCUT2D eigenvalue weighted by Gasteiger charge is -2.37. The van der Waals surface area contributed by atoms with Crippen molar-refractivity contribution in [1.29, 1.82) is 0 Å². The maximum atomic E-state index is 13.6. The van der Waals surface area contributed by atoms with Crippen molar-refractivity contribution in [2.75, 3.05) is 68.8 Å². The Morgan fingerprint density at radius 1 is 0.871 bits per heavy atom. The number of aromatic nitrogens is 3. The van der Waals surface area contributed by atoms with E-state index < -0.39 is 29.7 Å². The van der Waals surface area contributed by atoms with E-state index in [4.69, 9.17) is 24.4 Å². The summed E-state index contributed by atoms with van der Waals surface area (Å²) in [4.78, 5) is 89.7. The normalized spacial score (nSPS) is 27.1. The number of hydrogen-bond donors (Lipinski definition) is 3. The average molecular weight is 947 g/mol. The quantitative estimate of drug-likeness (QED) is 0.181. The van der Waals surface area contributed by atoms with Gasteiger partial charge in [-0.25, -0.2) is 4.79 Å². The molecule has 360 valence electrons. The van der Waals surface area contributed by atoms with Crippen LogP contribution in [0.3, 0.4) is 0 Å². The fourth-order valence-electron chi connectivity index (χ4n) is 13.2. The molecule has 4 unspecified atom stereocenters. The molecular weight excluding hydrogens is 893 g/mol. The molecule has 18 nitrogen and oxygen atoms in total. The van der Waals surface area contributed by atoms with Gasteiger partial charge in [-0.2, -0.15) is 9.97 Å². The van der Waals surface area contributed by atoms with E-state index in [2.05, 4.69) is 38.3 Å². The lowest BCUT2D eigenvalue weighted by atomic mass is 9.79. The number of nitrogens with zero attached hydrogens (tertiary/aromatic N) is 8. The zero-order valence-corrected chi connectivity index (χ0v) is 39.0. The van der Waals surface area contributed by atoms with Crippen LogP contribution in [0.15, 0.2) is 54.7 Å². The summed E-state index contributed by atoms with van der Waals surface area (Å²) in [7, 11) is 0. The first-order chi connectivity index (χ1) is 34.0. The van der Waals surface area contributed by atoms with Crippen molar-refractivity contribution in [3.8, 4) is 23.0 Å². The molecule has 1 aliphatic carbocycles. The van der Waals surface area contributed by atoms with Gasteiger partial charge in [-0.1, -0.05) is 25.1 Å². The smallest absolute Gasteiger partial charge is 0.409 e. The summed E-state index contributed by atoms with van der Waals surface area (Å²) in [5, 5.41) is 19.8. The van der Waals surface area contributed by atoms with Crippen molar-refractivity contribution >= 4 is 62.9 Å². The molecule has 6 saturated heterocycles. The van der Waals surface area contributed by atoms with Crippen LogP contribution < -0.4 is 25.2 Å². The summed E-state index contributed by atoms with van der Waals surface area (Å²) >= 11 is 0. The van der Waals surface area contributed by atoms with Crippen molar-refractivity contribution < 1.29 is 38.6 Å². The molecule has 6 atom stereocenters. The molecule has 3 aromatic carbocycles. The lowest BCUT2D eigenvalue weighted by Crippen LogP contribution is -2.54. The molecule has 6 fully saturated rings. The van der Waals surface area contributed by atoms with Crippen molar-refractivity contribution in [3.05, 3.63) is 77.0 Å². The molecular formula is C52H54N10O8. The van der Waals surface area contributed by atoms with E-state index in [0.717, 1.165) is 113 Å². The predicted octanol–water partition coefficient (Wildman–Crippen LogP) is 4.69. The van der Waals surface area contributed by atoms with Gasteiger partial charge in [-0.05, 0) is 98.2 Å². The molecule has 13 rings (SSSR count). The Bertz CT molecular complexity index is 3070. The Labute approximate surface area is 403 Å². The number of anilines is 2. The third-order valence-electron chi connectivity index (χ3n) is 16.6. The molecule has 2 aromatic heterocycles. The van der Waals surface area contributed by atoms with Gasteiger partial charge < -0.3 is 34.6 Å². The zero-order valence-electron chi connectivity index (χ0n) is 39.0. The molecule has 18 heteroatoms. The Kier molecular flexibility index (Phi) is 10.1. The molecule has 0 spiro atoms. The maximum absolute atomic E-state index is 13.6. The van der Waals surface area contributed by atoms with Crippen molar-refractivity contribution in [2.24, 2.45) is 0 Å². The van der Waals surface area contributed by atoms with Gasteiger partial charge in [0.15, 0.2) is 0 Å². The van der Waals surface area contributed by atoms with Crippen molar-refractivity contribution in [3.63, 3.8) is 0 Å². The number of rotatable bonds is 8. The van der Waals surface area contributed by atoms with E-state index in [1.54, 1.807) is 23.1 Å². The Hall–Kier alpha value is -6.92. The number of phenolic OH excluding ortho intramolecular Hbond substituents is 1. The van der Waals surface area contributed by atoms with E-state index in [1.807, 2.05) is 30.5 Å². The molecule has 5 amide bonds. The summed E-state index contributed by atoms with van der Waals surface area (Å²) < 4.78 is 12.9. The largest absolute Gasteiger partial charge is 0.508 e. The fraction of sp³-hybridized carbons (Fsp3) is 0.462. The number of aromatic hydroxyl groups is 1. The summed E-state index contributed by atoms with van der Waals surface area (Å²) in [5.74, 6) is -1.12. The van der Waals surface area contributed by atoms with Gasteiger partial charge in [0.25, 0.3) is 11.8 Å². The first-order valence-corrected chi connectivity index (χ1v) is 24.9. The first-order valence-electron chi connectivity index (χ1n) is 24.9. The van der Waals surface area contributed by atoms with Gasteiger partial charge in [0.05, 0.1) is 33.3 Å². The van der Waals surface area contributed by atoms with Crippen LogP contribution in [-0.2, 0) is 14.3 Å². The van der Waals surface area contributed by atoms with Gasteiger partial charge in [0.2, 0.25) is 11.8 Å². The number of hydrogen-bond acceptors (Lipinski definition) is 15. The third kappa shape index (κ3) is 6.87. The van der Waals surface area contributed by atoms with E-state index in [0.29, 0.717) is 50.9 Å². The fourth-order valence-corrected chi connectivity index (χ4v) is 13.2. The van der Waals surface area contributed by atoms with Crippen LogP contribution in [-0.4, -0.2) is 153 Å². The number of nitrogens with one attached hydrogen (secondary N) is 2. The van der Waals surface area contributed by atoms with Gasteiger partial charge in [-0.3, -0.25) is 39.3 Å². The van der Waals surface area contributed by atoms with Crippen LogP contribution >= 0.6 is 0 Å². The lowest BCUT2D eigenvalue weighted by molar-refractivity contribution is -0.136. The number of imide groups is 2. The molecule has 9 heterocycles. The number of carbonyl (C=O) groups is 5. The predicted molar refractivity (Wildman–Crippen MR) is 257 cm³/mol. The number of amides is 5. The van der Waals surface area contributed by atoms with Crippen LogP contribution in [0.25, 0.3) is 32.9 Å². The minimum Gasteiger partial charge on any atom is -0.508 e. The topological polar surface area (TPSA) is 203 Å². The standard InChI is InChI=1S/C52H54N10O8/c1-28-35-5-2-4-29-20-34(63)22-38(43(29)35)44-42(28)45-39(23-53-44)46(60-24-30-6-7-31(25-60)54-30)57-50(56-45)70-27-52-13-3-15-61(52)33(12-14-52)26-69-51(68)59-18-16-58(17-19-59)32-8-9-36-37(21-32)49(67)62(48(36)66)40-10-11-41(64)55-47(40)65/h2,4-5,8-9,20-23,28,30-31,33,40,54,63H,3,6-7,10-19,24-27H2,1H3,(H,55,64,65)/t28?,30?,31?,33-,40?,52-/m1/s1. The molecule has 0 saturated carbocycles. The highest BCUT2D eigenvalue weighted by atomic mass is 16.6. The number of piperazine rings is 2. The number of phenols is 1. The minimum absolute atomic E-state index is 0.0146. The van der Waals surface area contributed by atoms with E-state index in [1.165, 1.54) is 5.56 Å². The first kappa shape index (κ1) is 43.1. The second kappa shape index (κ2) is 16.3. The number of benzene rings is 3. The highest BCUT2D eigenvalue weighted by Crippen LogP contribution is 2.49. The third-order valence-corrected chi connectivity index (χ3v) is 16.6. The molecule has 2 bridgehead atoms. The van der Waals surface area contributed by atoms with E-state index in [9.17, 15) is 29.1 Å². The SMILES string of the molecule is CC1c2c(ncc3c(N4CC5CCC(C4)N5)nc(OC[C@]45CCCN4[C@@H](COC(=O)N4CCN(c6ccc7c(c6)C(=O)N(C6CCC(=O)NC6=O)C7=O)CC4)CC5)nc23)-c2cc(O)cc3cccc1c23. The second-order valence-corrected chi connectivity index (χ2v) is 20.5. The number of piperidine rings is 1. The molecule has 0 radical (unpaired) electrons. The molecule has 7 aliphatic heterocycles. The van der Waals surface area contributed by atoms with Gasteiger partial charge in [0, 0.05) is 92.7 Å². The Morgan fingerprint density at radius 3 is 2.50 bits per heavy atom. The second-order valence-electron chi connectivity index (χ2n) is 20.5. The van der Waals surface area contributed by atoms with Crippen molar-refractivity contribution in [1.82, 2.24) is 40.3 Å². The molecule has 5 aromatic rings. The summed E-state index contributed by atoms with van der Waals surface area (Å²) in [6.45, 7) is 7.30. The number of ether oxygens (including phenoxy) is 2. The monoisotopic (exact) mass is 946 g/mol. The maximum Gasteiger partial charge on any atom is 0.409 e. The van der Waals surface area contributed by atoms with E-state index in [-0.39, 0.29) is 59.9 Å². The van der Waals surface area contributed by atoms with Crippen LogP contribution in [0.4, 0.5) is 16.3 Å². The zero-order chi connectivity index (χ0) is 47.6. The number of fused-ring (bicyclic) bond motifs is 8. The Morgan fingerprint density at radius 2 is 1.69 bits per heavy atom. The van der Waals surface area contributed by atoms with Crippen LogP contribution in [0.1, 0.15) is 96.1 Å². The minimum atomic E-state index is -1.03. The summed E-state index contributed by atoms with van der Waals surface area (Å²) in [6, 6.07) is 15.1.